The smallest absolute Gasteiger partial charge is 0.137 e. The first-order chi connectivity index (χ1) is 29.8. The van der Waals surface area contributed by atoms with Crippen LogP contribution in [0.25, 0.3) is 77.2 Å². The monoisotopic (exact) mass is 771 g/mol. The molecule has 1 aliphatic rings. The maximum Gasteiger partial charge on any atom is 0.137 e. The molecule has 1 heterocycles. The molecule has 60 heavy (non-hydrogen) atoms. The van der Waals surface area contributed by atoms with Crippen molar-refractivity contribution in [2.75, 3.05) is 4.90 Å². The number of benzene rings is 9. The number of rotatable bonds is 8. The Balaban J connectivity index is 1.16. The van der Waals surface area contributed by atoms with Gasteiger partial charge in [-0.05, 0) is 98.8 Å². The average molecular weight is 772 g/mol. The van der Waals surface area contributed by atoms with Crippen LogP contribution in [0.15, 0.2) is 211 Å². The van der Waals surface area contributed by atoms with Gasteiger partial charge in [-0.1, -0.05) is 189 Å². The zero-order valence-corrected chi connectivity index (χ0v) is 33.6. The summed E-state index contributed by atoms with van der Waals surface area (Å²) < 4.78 is 6.59. The number of fused-ring (bicyclic) bond motifs is 4. The van der Waals surface area contributed by atoms with E-state index in [0.29, 0.717) is 5.92 Å². The van der Waals surface area contributed by atoms with Crippen molar-refractivity contribution in [2.45, 2.75) is 38.0 Å². The minimum Gasteiger partial charge on any atom is -0.456 e. The second kappa shape index (κ2) is 15.5. The molecule has 1 aliphatic carbocycles. The van der Waals surface area contributed by atoms with Crippen molar-refractivity contribution < 1.29 is 4.42 Å². The van der Waals surface area contributed by atoms with Gasteiger partial charge in [-0.15, -0.1) is 0 Å². The lowest BCUT2D eigenvalue weighted by atomic mass is 9.80. The van der Waals surface area contributed by atoms with Crippen molar-refractivity contribution in [3.63, 3.8) is 0 Å². The number of hydrogen-bond donors (Lipinski definition) is 0. The fraction of sp³-hybridized carbons (Fsp3) is 0.103. The van der Waals surface area contributed by atoms with E-state index in [0.717, 1.165) is 44.6 Å². The Labute approximate surface area is 352 Å². The molecule has 1 aromatic heterocycles. The highest BCUT2D eigenvalue weighted by molar-refractivity contribution is 6.08. The van der Waals surface area contributed by atoms with Crippen molar-refractivity contribution >= 4 is 49.8 Å². The van der Waals surface area contributed by atoms with Crippen LogP contribution >= 0.6 is 0 Å². The Morgan fingerprint density at radius 1 is 0.383 bits per heavy atom. The summed E-state index contributed by atoms with van der Waals surface area (Å²) in [5, 5.41) is 4.92. The molecule has 1 saturated carbocycles. The van der Waals surface area contributed by atoms with Gasteiger partial charge in [0, 0.05) is 33.7 Å². The topological polar surface area (TPSA) is 16.4 Å². The molecule has 10 aromatic rings. The third-order valence-corrected chi connectivity index (χ3v) is 12.7. The van der Waals surface area contributed by atoms with Gasteiger partial charge in [0.2, 0.25) is 0 Å². The van der Waals surface area contributed by atoms with Crippen molar-refractivity contribution in [3.8, 4) is 44.5 Å². The van der Waals surface area contributed by atoms with Gasteiger partial charge in [-0.3, -0.25) is 0 Å². The summed E-state index contributed by atoms with van der Waals surface area (Å²) in [5.41, 5.74) is 16.1. The molecular weight excluding hydrogens is 727 g/mol. The van der Waals surface area contributed by atoms with Gasteiger partial charge in [-0.25, -0.2) is 0 Å². The summed E-state index contributed by atoms with van der Waals surface area (Å²) >= 11 is 0. The fourth-order valence-electron chi connectivity index (χ4n) is 9.94. The first-order valence-corrected chi connectivity index (χ1v) is 21.5. The molecular formula is C58H45NO. The fourth-order valence-corrected chi connectivity index (χ4v) is 9.94. The molecule has 1 fully saturated rings. The molecule has 2 heteroatoms. The zero-order valence-electron chi connectivity index (χ0n) is 33.6. The number of para-hydroxylation sites is 3. The lowest BCUT2D eigenvalue weighted by Gasteiger charge is -2.31. The van der Waals surface area contributed by atoms with Crippen LogP contribution in [0, 0.1) is 0 Å². The molecule has 0 saturated heterocycles. The Morgan fingerprint density at radius 2 is 0.917 bits per heavy atom. The highest BCUT2D eigenvalue weighted by Crippen LogP contribution is 2.50. The van der Waals surface area contributed by atoms with E-state index in [1.165, 1.54) is 87.4 Å². The lowest BCUT2D eigenvalue weighted by Crippen LogP contribution is -2.13. The van der Waals surface area contributed by atoms with Crippen molar-refractivity contribution in [2.24, 2.45) is 0 Å². The van der Waals surface area contributed by atoms with E-state index in [1.54, 1.807) is 0 Å². The first-order valence-electron chi connectivity index (χ1n) is 21.5. The van der Waals surface area contributed by atoms with E-state index < -0.39 is 0 Å². The lowest BCUT2D eigenvalue weighted by molar-refractivity contribution is 0.445. The molecule has 11 rings (SSSR count). The van der Waals surface area contributed by atoms with Crippen LogP contribution in [0.4, 0.5) is 17.1 Å². The number of nitrogens with zero attached hydrogens (tertiary/aromatic N) is 1. The van der Waals surface area contributed by atoms with Crippen LogP contribution in [0.1, 0.15) is 43.6 Å². The number of hydrogen-bond acceptors (Lipinski definition) is 2. The van der Waals surface area contributed by atoms with E-state index in [4.69, 9.17) is 4.42 Å². The average Bonchev–Trinajstić information content (AvgIpc) is 3.70. The highest BCUT2D eigenvalue weighted by Gasteiger charge is 2.25. The van der Waals surface area contributed by atoms with Crippen molar-refractivity contribution in [1.82, 2.24) is 0 Å². The molecule has 0 radical (unpaired) electrons. The molecule has 0 amide bonds. The minimum atomic E-state index is 0.568. The van der Waals surface area contributed by atoms with Crippen molar-refractivity contribution in [3.05, 3.63) is 212 Å². The second-order valence-electron chi connectivity index (χ2n) is 16.2. The van der Waals surface area contributed by atoms with Crippen LogP contribution in [0.3, 0.4) is 0 Å². The highest BCUT2D eigenvalue weighted by atomic mass is 16.3. The summed E-state index contributed by atoms with van der Waals surface area (Å²) in [6.07, 6.45) is 6.43. The second-order valence-corrected chi connectivity index (χ2v) is 16.2. The van der Waals surface area contributed by atoms with E-state index >= 15 is 0 Å². The van der Waals surface area contributed by atoms with Crippen LogP contribution < -0.4 is 4.90 Å². The Hall–Kier alpha value is -7.16. The van der Waals surface area contributed by atoms with Crippen LogP contribution in [0.5, 0.6) is 0 Å². The van der Waals surface area contributed by atoms with Crippen molar-refractivity contribution in [1.29, 1.82) is 0 Å². The molecule has 0 aliphatic heterocycles. The molecule has 0 spiro atoms. The van der Waals surface area contributed by atoms with Gasteiger partial charge in [-0.2, -0.15) is 0 Å². The molecule has 288 valence electrons. The van der Waals surface area contributed by atoms with E-state index in [-0.39, 0.29) is 0 Å². The molecule has 2 nitrogen and oxygen atoms in total. The molecule has 0 atom stereocenters. The van der Waals surface area contributed by atoms with E-state index in [1.807, 2.05) is 6.07 Å². The maximum absolute atomic E-state index is 6.59. The summed E-state index contributed by atoms with van der Waals surface area (Å²) in [6.45, 7) is 0. The summed E-state index contributed by atoms with van der Waals surface area (Å²) in [5.74, 6) is 0.568. The molecule has 0 unspecified atom stereocenters. The molecule has 9 aromatic carbocycles. The third kappa shape index (κ3) is 6.37. The normalized spacial score (nSPS) is 13.3. The first kappa shape index (κ1) is 36.0. The van der Waals surface area contributed by atoms with Gasteiger partial charge in [0.1, 0.15) is 11.2 Å². The molecule has 0 N–H and O–H groups in total. The number of furan rings is 1. The van der Waals surface area contributed by atoms with Crippen LogP contribution in [-0.4, -0.2) is 0 Å². The Bertz CT molecular complexity index is 3140. The Kier molecular flexibility index (Phi) is 9.32. The Morgan fingerprint density at radius 3 is 1.65 bits per heavy atom. The van der Waals surface area contributed by atoms with Gasteiger partial charge in [0.25, 0.3) is 0 Å². The SMILES string of the molecule is c1ccc(-c2ccccc2-c2ccccc2-c2ccccc2N(c2ccc3c(c2)oc2ccccc23)c2ccccc2-c2cccc3cccc(C4CCCCC4)c23)cc1. The summed E-state index contributed by atoms with van der Waals surface area (Å²) in [4.78, 5) is 2.47. The van der Waals surface area contributed by atoms with Gasteiger partial charge in [0.15, 0.2) is 0 Å². The predicted molar refractivity (Wildman–Crippen MR) is 253 cm³/mol. The number of anilines is 3. The van der Waals surface area contributed by atoms with E-state index in [2.05, 4.69) is 205 Å². The van der Waals surface area contributed by atoms with Gasteiger partial charge < -0.3 is 9.32 Å². The van der Waals surface area contributed by atoms with Gasteiger partial charge in [0.05, 0.1) is 11.4 Å². The largest absolute Gasteiger partial charge is 0.456 e. The molecule has 0 bridgehead atoms. The summed E-state index contributed by atoms with van der Waals surface area (Å²) in [7, 11) is 0. The van der Waals surface area contributed by atoms with E-state index in [9.17, 15) is 0 Å². The standard InChI is InChI=1S/C58H45NO/c1-3-19-40(20-4-1)44-25-7-8-26-46(44)47-27-9-10-28-48(47)49-29-11-14-34-54(49)59(43-37-38-52-51-31-13-16-36-56(51)60-57(52)39-43)55-35-15-12-30-50(55)53-33-18-24-42-23-17-32-45(58(42)53)41-21-5-2-6-22-41/h1,3-4,7-20,23-39,41H,2,5-6,21-22H2. The quantitative estimate of drug-likeness (QED) is 0.153. The third-order valence-electron chi connectivity index (χ3n) is 12.7. The maximum atomic E-state index is 6.59. The van der Waals surface area contributed by atoms with Crippen LogP contribution in [0.2, 0.25) is 0 Å². The predicted octanol–water partition coefficient (Wildman–Crippen LogP) is 16.9. The van der Waals surface area contributed by atoms with Gasteiger partial charge >= 0.3 is 0 Å². The zero-order chi connectivity index (χ0) is 39.8. The minimum absolute atomic E-state index is 0.568. The van der Waals surface area contributed by atoms with Crippen LogP contribution in [-0.2, 0) is 0 Å². The summed E-state index contributed by atoms with van der Waals surface area (Å²) in [6, 6.07) is 75.2.